The maximum atomic E-state index is 12.4. The lowest BCUT2D eigenvalue weighted by Crippen LogP contribution is -2.46. The predicted octanol–water partition coefficient (Wildman–Crippen LogP) is 2.04. The fourth-order valence-corrected chi connectivity index (χ4v) is 3.78. The molecule has 1 saturated carbocycles. The summed E-state index contributed by atoms with van der Waals surface area (Å²) in [6, 6.07) is 5.74. The van der Waals surface area contributed by atoms with E-state index in [-0.39, 0.29) is 29.9 Å². The van der Waals surface area contributed by atoms with Gasteiger partial charge in [0.15, 0.2) is 11.5 Å². The standard InChI is InChI=1S/C20H28N2O5/c1-25-16-4-3-5-17(19(16)26-2)27-15-8-6-14(7-9-15)22-20(24)13-10-11-21-18(23)12-13/h3-5,13-15H,6-12H2,1-2H3,(H,21,23)(H,22,24). The van der Waals surface area contributed by atoms with E-state index in [1.54, 1.807) is 14.2 Å². The van der Waals surface area contributed by atoms with E-state index < -0.39 is 0 Å². The molecular weight excluding hydrogens is 348 g/mol. The number of benzene rings is 1. The van der Waals surface area contributed by atoms with Gasteiger partial charge in [0, 0.05) is 24.9 Å². The molecule has 27 heavy (non-hydrogen) atoms. The van der Waals surface area contributed by atoms with Crippen molar-refractivity contribution in [1.29, 1.82) is 0 Å². The molecule has 7 nitrogen and oxygen atoms in total. The Morgan fingerprint density at radius 3 is 2.48 bits per heavy atom. The molecule has 148 valence electrons. The molecule has 2 amide bonds. The van der Waals surface area contributed by atoms with Crippen molar-refractivity contribution in [2.24, 2.45) is 5.92 Å². The Morgan fingerprint density at radius 1 is 1.07 bits per heavy atom. The molecule has 0 bridgehead atoms. The van der Waals surface area contributed by atoms with E-state index in [1.807, 2.05) is 18.2 Å². The summed E-state index contributed by atoms with van der Waals surface area (Å²) in [6.45, 7) is 0.583. The third kappa shape index (κ3) is 4.84. The van der Waals surface area contributed by atoms with Crippen LogP contribution < -0.4 is 24.8 Å². The summed E-state index contributed by atoms with van der Waals surface area (Å²) in [5, 5.41) is 5.88. The van der Waals surface area contributed by atoms with Crippen LogP contribution in [-0.2, 0) is 9.59 Å². The van der Waals surface area contributed by atoms with E-state index in [1.165, 1.54) is 0 Å². The zero-order valence-corrected chi connectivity index (χ0v) is 16.0. The average Bonchev–Trinajstić information content (AvgIpc) is 2.69. The maximum absolute atomic E-state index is 12.4. The van der Waals surface area contributed by atoms with Crippen molar-refractivity contribution in [3.8, 4) is 17.2 Å². The van der Waals surface area contributed by atoms with Gasteiger partial charge in [-0.05, 0) is 44.2 Å². The number of para-hydroxylation sites is 1. The molecule has 1 aliphatic heterocycles. The summed E-state index contributed by atoms with van der Waals surface area (Å²) in [5.41, 5.74) is 0. The third-order valence-corrected chi connectivity index (χ3v) is 5.30. The monoisotopic (exact) mass is 376 g/mol. The van der Waals surface area contributed by atoms with Crippen LogP contribution in [-0.4, -0.2) is 44.7 Å². The lowest BCUT2D eigenvalue weighted by Gasteiger charge is -2.31. The number of carbonyl (C=O) groups excluding carboxylic acids is 2. The van der Waals surface area contributed by atoms with Gasteiger partial charge in [-0.25, -0.2) is 0 Å². The zero-order chi connectivity index (χ0) is 19.2. The first-order valence-electron chi connectivity index (χ1n) is 9.55. The third-order valence-electron chi connectivity index (χ3n) is 5.30. The molecule has 2 aliphatic rings. The van der Waals surface area contributed by atoms with Gasteiger partial charge >= 0.3 is 0 Å². The lowest BCUT2D eigenvalue weighted by molar-refractivity contribution is -0.133. The number of ether oxygens (including phenoxy) is 3. The number of methoxy groups -OCH3 is 2. The lowest BCUT2D eigenvalue weighted by atomic mass is 9.91. The Kier molecular flexibility index (Phi) is 6.42. The van der Waals surface area contributed by atoms with Gasteiger partial charge in [0.2, 0.25) is 17.6 Å². The van der Waals surface area contributed by atoms with Crippen LogP contribution >= 0.6 is 0 Å². The molecule has 0 spiro atoms. The molecule has 0 radical (unpaired) electrons. The van der Waals surface area contributed by atoms with Gasteiger partial charge < -0.3 is 24.8 Å². The van der Waals surface area contributed by atoms with Crippen molar-refractivity contribution in [3.63, 3.8) is 0 Å². The first-order chi connectivity index (χ1) is 13.1. The second-order valence-corrected chi connectivity index (χ2v) is 7.13. The van der Waals surface area contributed by atoms with Crippen LogP contribution in [0.3, 0.4) is 0 Å². The average molecular weight is 376 g/mol. The second kappa shape index (κ2) is 8.97. The zero-order valence-electron chi connectivity index (χ0n) is 16.0. The highest BCUT2D eigenvalue weighted by atomic mass is 16.5. The molecule has 1 aliphatic carbocycles. The van der Waals surface area contributed by atoms with Crippen LogP contribution in [0.1, 0.15) is 38.5 Å². The quantitative estimate of drug-likeness (QED) is 0.794. The normalized spacial score (nSPS) is 25.3. The van der Waals surface area contributed by atoms with Crippen molar-refractivity contribution >= 4 is 11.8 Å². The van der Waals surface area contributed by atoms with Crippen LogP contribution in [0.2, 0.25) is 0 Å². The van der Waals surface area contributed by atoms with E-state index in [2.05, 4.69) is 10.6 Å². The summed E-state index contributed by atoms with van der Waals surface area (Å²) in [4.78, 5) is 23.8. The van der Waals surface area contributed by atoms with E-state index in [9.17, 15) is 9.59 Å². The molecule has 1 heterocycles. The highest BCUT2D eigenvalue weighted by Gasteiger charge is 2.29. The van der Waals surface area contributed by atoms with Gasteiger partial charge in [-0.2, -0.15) is 0 Å². The number of rotatable bonds is 6. The van der Waals surface area contributed by atoms with Crippen molar-refractivity contribution < 1.29 is 23.8 Å². The minimum atomic E-state index is -0.200. The molecule has 2 fully saturated rings. The Hall–Kier alpha value is -2.44. The van der Waals surface area contributed by atoms with Crippen molar-refractivity contribution in [2.45, 2.75) is 50.7 Å². The Balaban J connectivity index is 1.49. The smallest absolute Gasteiger partial charge is 0.223 e. The molecule has 1 aromatic carbocycles. The van der Waals surface area contributed by atoms with E-state index in [0.717, 1.165) is 25.7 Å². The Bertz CT molecular complexity index is 670. The minimum Gasteiger partial charge on any atom is -0.493 e. The van der Waals surface area contributed by atoms with Crippen LogP contribution in [0.5, 0.6) is 17.2 Å². The topological polar surface area (TPSA) is 85.9 Å². The first kappa shape index (κ1) is 19.3. The van der Waals surface area contributed by atoms with Gasteiger partial charge in [0.25, 0.3) is 0 Å². The molecule has 3 rings (SSSR count). The summed E-state index contributed by atoms with van der Waals surface area (Å²) < 4.78 is 16.9. The highest BCUT2D eigenvalue weighted by Crippen LogP contribution is 2.38. The number of piperidine rings is 1. The number of hydrogen-bond donors (Lipinski definition) is 2. The maximum Gasteiger partial charge on any atom is 0.223 e. The predicted molar refractivity (Wildman–Crippen MR) is 100 cm³/mol. The SMILES string of the molecule is COc1cccc(OC2CCC(NC(=O)C3CCNC(=O)C3)CC2)c1OC. The van der Waals surface area contributed by atoms with Gasteiger partial charge in [-0.3, -0.25) is 9.59 Å². The van der Waals surface area contributed by atoms with Crippen LogP contribution in [0.4, 0.5) is 0 Å². The molecule has 1 aromatic rings. The molecule has 1 atom stereocenters. The number of nitrogens with one attached hydrogen (secondary N) is 2. The number of hydrogen-bond acceptors (Lipinski definition) is 5. The molecule has 1 saturated heterocycles. The van der Waals surface area contributed by atoms with E-state index in [4.69, 9.17) is 14.2 Å². The summed E-state index contributed by atoms with van der Waals surface area (Å²) in [5.74, 6) is 1.69. The van der Waals surface area contributed by atoms with Gasteiger partial charge in [0.05, 0.1) is 20.3 Å². The fourth-order valence-electron chi connectivity index (χ4n) is 3.78. The fraction of sp³-hybridized carbons (Fsp3) is 0.600. The van der Waals surface area contributed by atoms with E-state index in [0.29, 0.717) is 36.6 Å². The Labute approximate surface area is 159 Å². The number of carbonyl (C=O) groups is 2. The van der Waals surface area contributed by atoms with Crippen LogP contribution in [0.25, 0.3) is 0 Å². The van der Waals surface area contributed by atoms with Gasteiger partial charge in [-0.15, -0.1) is 0 Å². The molecule has 1 unspecified atom stereocenters. The van der Waals surface area contributed by atoms with Crippen molar-refractivity contribution in [3.05, 3.63) is 18.2 Å². The highest BCUT2D eigenvalue weighted by molar-refractivity contribution is 5.87. The van der Waals surface area contributed by atoms with Crippen LogP contribution in [0, 0.1) is 5.92 Å². The van der Waals surface area contributed by atoms with Crippen molar-refractivity contribution in [1.82, 2.24) is 10.6 Å². The largest absolute Gasteiger partial charge is 0.493 e. The van der Waals surface area contributed by atoms with Gasteiger partial charge in [0.1, 0.15) is 0 Å². The second-order valence-electron chi connectivity index (χ2n) is 7.13. The molecule has 2 N–H and O–H groups in total. The van der Waals surface area contributed by atoms with Crippen molar-refractivity contribution in [2.75, 3.05) is 20.8 Å². The number of amides is 2. The first-order valence-corrected chi connectivity index (χ1v) is 9.55. The van der Waals surface area contributed by atoms with Crippen LogP contribution in [0.15, 0.2) is 18.2 Å². The molecular formula is C20H28N2O5. The Morgan fingerprint density at radius 2 is 1.81 bits per heavy atom. The summed E-state index contributed by atoms with van der Waals surface area (Å²) in [6.07, 6.45) is 4.53. The van der Waals surface area contributed by atoms with E-state index >= 15 is 0 Å². The molecule has 7 heteroatoms. The summed E-state index contributed by atoms with van der Waals surface area (Å²) >= 11 is 0. The summed E-state index contributed by atoms with van der Waals surface area (Å²) in [7, 11) is 3.20. The van der Waals surface area contributed by atoms with Gasteiger partial charge in [-0.1, -0.05) is 6.07 Å². The minimum absolute atomic E-state index is 0.00341. The molecule has 0 aromatic heterocycles.